The fourth-order valence-electron chi connectivity index (χ4n) is 2.74. The van der Waals surface area contributed by atoms with Gasteiger partial charge in [0.2, 0.25) is 11.8 Å². The largest absolute Gasteiger partial charge is 0.497 e. The Bertz CT molecular complexity index is 1120. The van der Waals surface area contributed by atoms with Crippen LogP contribution in [0.1, 0.15) is 5.56 Å². The average Bonchev–Trinajstić information content (AvgIpc) is 3.10. The number of halogens is 1. The number of amides is 2. The number of nitrogens with one attached hydrogen (secondary N) is 3. The van der Waals surface area contributed by atoms with Crippen LogP contribution in [0.15, 0.2) is 42.5 Å². The van der Waals surface area contributed by atoms with Gasteiger partial charge in [-0.3, -0.25) is 19.3 Å². The molecule has 0 bridgehead atoms. The molecule has 0 spiro atoms. The molecule has 8 nitrogen and oxygen atoms in total. The van der Waals surface area contributed by atoms with Crippen molar-refractivity contribution in [3.05, 3.63) is 57.8 Å². The van der Waals surface area contributed by atoms with Crippen molar-refractivity contribution in [1.82, 2.24) is 20.1 Å². The normalized spacial score (nSPS) is 10.5. The number of ether oxygens (including phenoxy) is 1. The van der Waals surface area contributed by atoms with Crippen LogP contribution in [0.25, 0.3) is 11.4 Å². The Morgan fingerprint density at radius 2 is 1.93 bits per heavy atom. The Balaban J connectivity index is 1.62. The van der Waals surface area contributed by atoms with Crippen LogP contribution in [-0.2, 0) is 16.1 Å². The number of methoxy groups -OCH3 is 1. The van der Waals surface area contributed by atoms with E-state index in [1.54, 1.807) is 48.9 Å². The van der Waals surface area contributed by atoms with Gasteiger partial charge in [0.05, 0.1) is 13.7 Å². The van der Waals surface area contributed by atoms with Crippen molar-refractivity contribution in [2.24, 2.45) is 0 Å². The molecule has 156 valence electrons. The Kier molecular flexibility index (Phi) is 6.86. The summed E-state index contributed by atoms with van der Waals surface area (Å²) >= 11 is 11.3. The number of aromatic amines is 1. The van der Waals surface area contributed by atoms with Crippen LogP contribution >= 0.6 is 23.8 Å². The molecule has 3 N–H and O–H groups in total. The Morgan fingerprint density at radius 3 is 2.63 bits per heavy atom. The number of carbonyl (C=O) groups is 2. The molecule has 0 radical (unpaired) electrons. The molecule has 3 rings (SSSR count). The molecule has 1 heterocycles. The molecule has 1 aromatic heterocycles. The minimum atomic E-state index is -0.375. The number of aromatic nitrogens is 3. The summed E-state index contributed by atoms with van der Waals surface area (Å²) in [5.74, 6) is 0.482. The Morgan fingerprint density at radius 1 is 1.20 bits per heavy atom. The molecule has 0 aliphatic carbocycles. The molecule has 0 fully saturated rings. The fraction of sp³-hybridized carbons (Fsp3) is 0.200. The van der Waals surface area contributed by atoms with Gasteiger partial charge in [0.1, 0.15) is 12.3 Å². The van der Waals surface area contributed by atoms with E-state index in [2.05, 4.69) is 20.8 Å². The molecule has 2 amide bonds. The molecule has 0 unspecified atom stereocenters. The first-order valence-corrected chi connectivity index (χ1v) is 9.79. The molecule has 0 saturated carbocycles. The number of rotatable bonds is 7. The topological polar surface area (TPSA) is 101 Å². The quantitative estimate of drug-likeness (QED) is 0.484. The molecule has 0 aliphatic heterocycles. The monoisotopic (exact) mass is 445 g/mol. The molecule has 3 aromatic rings. The predicted molar refractivity (Wildman–Crippen MR) is 117 cm³/mol. The van der Waals surface area contributed by atoms with Gasteiger partial charge in [-0.05, 0) is 61.1 Å². The lowest BCUT2D eigenvalue weighted by molar-refractivity contribution is -0.124. The van der Waals surface area contributed by atoms with Crippen molar-refractivity contribution in [3.63, 3.8) is 0 Å². The first-order valence-electron chi connectivity index (χ1n) is 9.00. The van der Waals surface area contributed by atoms with Gasteiger partial charge in [0.25, 0.3) is 0 Å². The second-order valence-electron chi connectivity index (χ2n) is 6.40. The highest BCUT2D eigenvalue weighted by atomic mass is 35.5. The maximum absolute atomic E-state index is 12.4. The molecular weight excluding hydrogens is 426 g/mol. The van der Waals surface area contributed by atoms with E-state index >= 15 is 0 Å². The molecule has 0 aliphatic rings. The van der Waals surface area contributed by atoms with Crippen molar-refractivity contribution >= 4 is 41.3 Å². The number of benzene rings is 2. The van der Waals surface area contributed by atoms with Crippen LogP contribution in [0.4, 0.5) is 5.69 Å². The number of anilines is 1. The van der Waals surface area contributed by atoms with E-state index in [1.807, 2.05) is 12.1 Å². The number of carbonyl (C=O) groups excluding carboxylic acids is 2. The number of H-pyrrole nitrogens is 1. The van der Waals surface area contributed by atoms with E-state index < -0.39 is 0 Å². The van der Waals surface area contributed by atoms with E-state index in [4.69, 9.17) is 28.6 Å². The van der Waals surface area contributed by atoms with Crippen LogP contribution < -0.4 is 15.4 Å². The van der Waals surface area contributed by atoms with Crippen molar-refractivity contribution in [1.29, 1.82) is 0 Å². The molecule has 2 aromatic carbocycles. The zero-order valence-electron chi connectivity index (χ0n) is 16.4. The van der Waals surface area contributed by atoms with Crippen molar-refractivity contribution in [2.75, 3.05) is 19.0 Å². The lowest BCUT2D eigenvalue weighted by atomic mass is 10.2. The first-order chi connectivity index (χ1) is 14.4. The Labute approximate surface area is 183 Å². The maximum Gasteiger partial charge on any atom is 0.243 e. The highest BCUT2D eigenvalue weighted by Crippen LogP contribution is 2.23. The summed E-state index contributed by atoms with van der Waals surface area (Å²) in [6.45, 7) is 1.53. The standard InChI is InChI=1S/C20H20ClN5O3S/c1-12-15(21)4-3-5-16(12)23-17(27)10-22-18(28)11-26-19(24-25-20(26)30)13-6-8-14(29-2)9-7-13/h3-9H,10-11H2,1-2H3,(H,22,28)(H,23,27)(H,25,30). The van der Waals surface area contributed by atoms with Crippen LogP contribution in [0, 0.1) is 11.7 Å². The van der Waals surface area contributed by atoms with Gasteiger partial charge in [-0.2, -0.15) is 5.10 Å². The smallest absolute Gasteiger partial charge is 0.243 e. The summed E-state index contributed by atoms with van der Waals surface area (Å²) in [5.41, 5.74) is 2.12. The van der Waals surface area contributed by atoms with E-state index in [0.717, 1.165) is 11.1 Å². The summed E-state index contributed by atoms with van der Waals surface area (Å²) in [6.07, 6.45) is 0. The lowest BCUT2D eigenvalue weighted by Crippen LogP contribution is -2.35. The van der Waals surface area contributed by atoms with Crippen molar-refractivity contribution < 1.29 is 14.3 Å². The lowest BCUT2D eigenvalue weighted by Gasteiger charge is -2.11. The molecule has 0 saturated heterocycles. The summed E-state index contributed by atoms with van der Waals surface area (Å²) in [4.78, 5) is 24.6. The van der Waals surface area contributed by atoms with E-state index in [-0.39, 0.29) is 24.9 Å². The second kappa shape index (κ2) is 9.55. The SMILES string of the molecule is COc1ccc(-c2n[nH]c(=S)n2CC(=O)NCC(=O)Nc2cccc(Cl)c2C)cc1. The number of hydrogen-bond acceptors (Lipinski definition) is 5. The highest BCUT2D eigenvalue weighted by molar-refractivity contribution is 7.71. The average molecular weight is 446 g/mol. The van der Waals surface area contributed by atoms with Gasteiger partial charge in [-0.25, -0.2) is 0 Å². The summed E-state index contributed by atoms with van der Waals surface area (Å²) in [6, 6.07) is 12.4. The fourth-order valence-corrected chi connectivity index (χ4v) is 3.11. The summed E-state index contributed by atoms with van der Waals surface area (Å²) < 4.78 is 7.01. The maximum atomic E-state index is 12.4. The molecule has 10 heteroatoms. The third-order valence-corrected chi connectivity index (χ3v) is 5.12. The van der Waals surface area contributed by atoms with Crippen molar-refractivity contribution in [2.45, 2.75) is 13.5 Å². The molecule has 30 heavy (non-hydrogen) atoms. The zero-order chi connectivity index (χ0) is 21.7. The minimum Gasteiger partial charge on any atom is -0.497 e. The van der Waals surface area contributed by atoms with Gasteiger partial charge in [0.15, 0.2) is 10.6 Å². The van der Waals surface area contributed by atoms with Crippen LogP contribution in [0.3, 0.4) is 0 Å². The van der Waals surface area contributed by atoms with Crippen LogP contribution in [-0.4, -0.2) is 40.2 Å². The van der Waals surface area contributed by atoms with Gasteiger partial charge in [-0.15, -0.1) is 0 Å². The van der Waals surface area contributed by atoms with Crippen LogP contribution in [0.5, 0.6) is 5.75 Å². The van der Waals surface area contributed by atoms with E-state index in [9.17, 15) is 9.59 Å². The summed E-state index contributed by atoms with van der Waals surface area (Å²) in [5, 5.41) is 12.8. The minimum absolute atomic E-state index is 0.0832. The number of nitrogens with zero attached hydrogens (tertiary/aromatic N) is 2. The summed E-state index contributed by atoms with van der Waals surface area (Å²) in [7, 11) is 1.58. The predicted octanol–water partition coefficient (Wildman–Crippen LogP) is 3.33. The third kappa shape index (κ3) is 5.05. The number of hydrogen-bond donors (Lipinski definition) is 3. The Hall–Kier alpha value is -3.17. The van der Waals surface area contributed by atoms with Crippen LogP contribution in [0.2, 0.25) is 5.02 Å². The van der Waals surface area contributed by atoms with Crippen molar-refractivity contribution in [3.8, 4) is 17.1 Å². The van der Waals surface area contributed by atoms with Gasteiger partial charge in [-0.1, -0.05) is 17.7 Å². The van der Waals surface area contributed by atoms with Gasteiger partial charge in [0, 0.05) is 16.3 Å². The van der Waals surface area contributed by atoms with E-state index in [0.29, 0.717) is 27.1 Å². The molecular formula is C20H20ClN5O3S. The zero-order valence-corrected chi connectivity index (χ0v) is 17.9. The highest BCUT2D eigenvalue weighted by Gasteiger charge is 2.14. The second-order valence-corrected chi connectivity index (χ2v) is 7.20. The third-order valence-electron chi connectivity index (χ3n) is 4.40. The van der Waals surface area contributed by atoms with E-state index in [1.165, 1.54) is 0 Å². The van der Waals surface area contributed by atoms with Gasteiger partial charge >= 0.3 is 0 Å². The molecule has 0 atom stereocenters. The van der Waals surface area contributed by atoms with Gasteiger partial charge < -0.3 is 15.4 Å². The first kappa shape index (κ1) is 21.5.